The highest BCUT2D eigenvalue weighted by Gasteiger charge is 2.29. The molecule has 0 unspecified atom stereocenters. The van der Waals surface area contributed by atoms with Gasteiger partial charge in [-0.25, -0.2) is 4.39 Å². The SMILES string of the molecule is CN1C(=O)/C(=C/c2c(F)cccc2Cl)c2ccccc21. The van der Waals surface area contributed by atoms with Crippen molar-refractivity contribution in [1.29, 1.82) is 0 Å². The highest BCUT2D eigenvalue weighted by molar-refractivity contribution is 6.37. The van der Waals surface area contributed by atoms with Crippen molar-refractivity contribution >= 4 is 34.8 Å². The average molecular weight is 288 g/mol. The van der Waals surface area contributed by atoms with E-state index in [1.807, 2.05) is 24.3 Å². The van der Waals surface area contributed by atoms with Gasteiger partial charge < -0.3 is 4.90 Å². The third-order valence-corrected chi connectivity index (χ3v) is 3.71. The molecule has 1 heterocycles. The fourth-order valence-electron chi connectivity index (χ4n) is 2.33. The van der Waals surface area contributed by atoms with Crippen LogP contribution in [0.2, 0.25) is 5.02 Å². The summed E-state index contributed by atoms with van der Waals surface area (Å²) in [5.74, 6) is -0.602. The van der Waals surface area contributed by atoms with E-state index in [2.05, 4.69) is 0 Å². The number of halogens is 2. The molecule has 0 atom stereocenters. The van der Waals surface area contributed by atoms with Crippen molar-refractivity contribution in [1.82, 2.24) is 0 Å². The Morgan fingerprint density at radius 1 is 1.15 bits per heavy atom. The highest BCUT2D eigenvalue weighted by atomic mass is 35.5. The van der Waals surface area contributed by atoms with E-state index >= 15 is 0 Å². The van der Waals surface area contributed by atoms with Crippen LogP contribution in [-0.2, 0) is 4.79 Å². The van der Waals surface area contributed by atoms with Crippen LogP contribution in [0.25, 0.3) is 11.6 Å². The number of fused-ring (bicyclic) bond motifs is 1. The third kappa shape index (κ3) is 1.91. The summed E-state index contributed by atoms with van der Waals surface area (Å²) in [6, 6.07) is 11.9. The van der Waals surface area contributed by atoms with Gasteiger partial charge in [-0.1, -0.05) is 35.9 Å². The number of para-hydroxylation sites is 1. The van der Waals surface area contributed by atoms with Crippen LogP contribution in [0.3, 0.4) is 0 Å². The lowest BCUT2D eigenvalue weighted by atomic mass is 10.0. The zero-order chi connectivity index (χ0) is 14.3. The van der Waals surface area contributed by atoms with Gasteiger partial charge in [-0.2, -0.15) is 0 Å². The largest absolute Gasteiger partial charge is 0.311 e. The Labute approximate surface area is 121 Å². The number of rotatable bonds is 1. The fraction of sp³-hybridized carbons (Fsp3) is 0.0625. The van der Waals surface area contributed by atoms with Crippen LogP contribution in [0.1, 0.15) is 11.1 Å². The predicted octanol–water partition coefficient (Wildman–Crippen LogP) is 4.00. The number of carbonyl (C=O) groups is 1. The van der Waals surface area contributed by atoms with Crippen molar-refractivity contribution in [2.45, 2.75) is 0 Å². The molecule has 1 aliphatic rings. The molecule has 0 aromatic heterocycles. The Balaban J connectivity index is 2.20. The second-order valence-electron chi connectivity index (χ2n) is 4.57. The maximum absolute atomic E-state index is 13.9. The van der Waals surface area contributed by atoms with Crippen LogP contribution in [-0.4, -0.2) is 13.0 Å². The molecule has 0 saturated heterocycles. The first-order valence-electron chi connectivity index (χ1n) is 6.13. The number of likely N-dealkylation sites (N-methyl/N-ethyl adjacent to an activating group) is 1. The molecule has 0 radical (unpaired) electrons. The Morgan fingerprint density at radius 2 is 1.90 bits per heavy atom. The van der Waals surface area contributed by atoms with E-state index in [1.54, 1.807) is 18.0 Å². The quantitative estimate of drug-likeness (QED) is 0.726. The van der Waals surface area contributed by atoms with Crippen LogP contribution in [0.4, 0.5) is 10.1 Å². The Hall–Kier alpha value is -2.13. The second kappa shape index (κ2) is 4.76. The second-order valence-corrected chi connectivity index (χ2v) is 4.98. The van der Waals surface area contributed by atoms with E-state index in [0.717, 1.165) is 11.3 Å². The number of carbonyl (C=O) groups excluding carboxylic acids is 1. The van der Waals surface area contributed by atoms with Crippen molar-refractivity contribution in [3.8, 4) is 0 Å². The summed E-state index contributed by atoms with van der Waals surface area (Å²) in [7, 11) is 1.70. The van der Waals surface area contributed by atoms with Crippen LogP contribution in [0.15, 0.2) is 42.5 Å². The first kappa shape index (κ1) is 12.9. The van der Waals surface area contributed by atoms with Crippen LogP contribution in [0, 0.1) is 5.82 Å². The normalized spacial score (nSPS) is 15.8. The first-order chi connectivity index (χ1) is 9.59. The van der Waals surface area contributed by atoms with Crippen LogP contribution < -0.4 is 4.90 Å². The van der Waals surface area contributed by atoms with Crippen molar-refractivity contribution in [3.05, 3.63) is 64.4 Å². The molecule has 4 heteroatoms. The molecule has 20 heavy (non-hydrogen) atoms. The van der Waals surface area contributed by atoms with E-state index in [0.29, 0.717) is 5.57 Å². The standard InChI is InChI=1S/C16H11ClFNO/c1-19-15-8-3-2-5-10(15)11(16(19)20)9-12-13(17)6-4-7-14(12)18/h2-9H,1H3/b11-9+. The molecule has 0 aliphatic carbocycles. The zero-order valence-corrected chi connectivity index (χ0v) is 11.5. The molecule has 2 nitrogen and oxygen atoms in total. The summed E-state index contributed by atoms with van der Waals surface area (Å²) in [6.07, 6.45) is 1.52. The minimum absolute atomic E-state index is 0.162. The molecule has 0 fully saturated rings. The Bertz CT molecular complexity index is 719. The van der Waals surface area contributed by atoms with Gasteiger partial charge in [-0.15, -0.1) is 0 Å². The van der Waals surface area contributed by atoms with Gasteiger partial charge in [0.2, 0.25) is 0 Å². The van der Waals surface area contributed by atoms with Gasteiger partial charge in [0.05, 0.1) is 10.7 Å². The number of amides is 1. The minimum atomic E-state index is -0.440. The molecule has 1 aliphatic heterocycles. The van der Waals surface area contributed by atoms with Crippen molar-refractivity contribution in [3.63, 3.8) is 0 Å². The number of anilines is 1. The molecule has 100 valence electrons. The van der Waals surface area contributed by atoms with Crippen molar-refractivity contribution in [2.75, 3.05) is 11.9 Å². The van der Waals surface area contributed by atoms with Crippen LogP contribution in [0.5, 0.6) is 0 Å². The van der Waals surface area contributed by atoms with Crippen molar-refractivity contribution < 1.29 is 9.18 Å². The molecule has 2 aromatic carbocycles. The van der Waals surface area contributed by atoms with E-state index in [9.17, 15) is 9.18 Å². The van der Waals surface area contributed by atoms with E-state index in [-0.39, 0.29) is 16.5 Å². The molecule has 0 saturated carbocycles. The fourth-order valence-corrected chi connectivity index (χ4v) is 2.55. The van der Waals surface area contributed by atoms with Gasteiger partial charge in [0.1, 0.15) is 5.82 Å². The molecule has 3 rings (SSSR count). The summed E-state index contributed by atoms with van der Waals surface area (Å²) in [4.78, 5) is 13.8. The molecule has 0 N–H and O–H groups in total. The van der Waals surface area contributed by atoms with E-state index in [4.69, 9.17) is 11.6 Å². The third-order valence-electron chi connectivity index (χ3n) is 3.38. The van der Waals surface area contributed by atoms with Gasteiger partial charge in [0.25, 0.3) is 5.91 Å². The molecular formula is C16H11ClFNO. The molecular weight excluding hydrogens is 277 g/mol. The van der Waals surface area contributed by atoms with Gasteiger partial charge in [-0.3, -0.25) is 4.79 Å². The number of hydrogen-bond donors (Lipinski definition) is 0. The number of hydrogen-bond acceptors (Lipinski definition) is 1. The molecule has 0 bridgehead atoms. The zero-order valence-electron chi connectivity index (χ0n) is 10.7. The molecule has 1 amide bonds. The topological polar surface area (TPSA) is 20.3 Å². The minimum Gasteiger partial charge on any atom is -0.311 e. The van der Waals surface area contributed by atoms with E-state index < -0.39 is 5.82 Å². The van der Waals surface area contributed by atoms with Crippen LogP contribution >= 0.6 is 11.6 Å². The van der Waals surface area contributed by atoms with Gasteiger partial charge >= 0.3 is 0 Å². The van der Waals surface area contributed by atoms with E-state index in [1.165, 1.54) is 18.2 Å². The highest BCUT2D eigenvalue weighted by Crippen LogP contribution is 2.37. The van der Waals surface area contributed by atoms with Crippen molar-refractivity contribution in [2.24, 2.45) is 0 Å². The summed E-state index contributed by atoms with van der Waals surface area (Å²) < 4.78 is 13.9. The summed E-state index contributed by atoms with van der Waals surface area (Å²) in [5.41, 5.74) is 2.30. The van der Waals surface area contributed by atoms with Gasteiger partial charge in [0, 0.05) is 23.7 Å². The maximum atomic E-state index is 13.9. The lowest BCUT2D eigenvalue weighted by Gasteiger charge is -2.08. The maximum Gasteiger partial charge on any atom is 0.258 e. The average Bonchev–Trinajstić information content (AvgIpc) is 2.68. The summed E-state index contributed by atoms with van der Waals surface area (Å²) >= 11 is 6.01. The smallest absolute Gasteiger partial charge is 0.258 e. The molecule has 0 spiro atoms. The predicted molar refractivity (Wildman–Crippen MR) is 79.1 cm³/mol. The summed E-state index contributed by atoms with van der Waals surface area (Å²) in [6.45, 7) is 0. The Kier molecular flexibility index (Phi) is 3.07. The monoisotopic (exact) mass is 287 g/mol. The lowest BCUT2D eigenvalue weighted by molar-refractivity contribution is -0.112. The first-order valence-corrected chi connectivity index (χ1v) is 6.50. The number of benzene rings is 2. The number of nitrogens with zero attached hydrogens (tertiary/aromatic N) is 1. The summed E-state index contributed by atoms with van der Waals surface area (Å²) in [5, 5.41) is 0.289. The van der Waals surface area contributed by atoms with Gasteiger partial charge in [-0.05, 0) is 24.3 Å². The molecule has 2 aromatic rings. The Morgan fingerprint density at radius 3 is 2.65 bits per heavy atom. The lowest BCUT2D eigenvalue weighted by Crippen LogP contribution is -2.20. The van der Waals surface area contributed by atoms with Gasteiger partial charge in [0.15, 0.2) is 0 Å².